The van der Waals surface area contributed by atoms with Crippen molar-refractivity contribution in [2.24, 2.45) is 0 Å². The molecule has 0 aliphatic rings. The third-order valence-electron chi connectivity index (χ3n) is 1.88. The van der Waals surface area contributed by atoms with E-state index in [1.165, 1.54) is 20.8 Å². The van der Waals surface area contributed by atoms with Crippen LogP contribution in [0.2, 0.25) is 0 Å². The van der Waals surface area contributed by atoms with E-state index in [1.807, 2.05) is 0 Å². The Balaban J connectivity index is 3.89. The molecule has 0 fully saturated rings. The fourth-order valence-corrected chi connectivity index (χ4v) is 0.838. The first-order valence-corrected chi connectivity index (χ1v) is 5.63. The molecule has 7 heteroatoms. The van der Waals surface area contributed by atoms with Gasteiger partial charge in [-0.25, -0.2) is 14.4 Å². The van der Waals surface area contributed by atoms with Gasteiger partial charge in [-0.2, -0.15) is 0 Å². The third-order valence-corrected chi connectivity index (χ3v) is 1.88. The van der Waals surface area contributed by atoms with Crippen LogP contribution < -0.4 is 0 Å². The summed E-state index contributed by atoms with van der Waals surface area (Å²) in [5.41, 5.74) is 0.241. The SMILES string of the molecule is C=C(C)C(=O)OCCOC(=O)[C@H](C)OC(=O)[C@H](C)O. The Bertz CT molecular complexity index is 359. The second-order valence-corrected chi connectivity index (χ2v) is 3.84. The van der Waals surface area contributed by atoms with Gasteiger partial charge in [-0.1, -0.05) is 6.58 Å². The van der Waals surface area contributed by atoms with Crippen LogP contribution in [0.4, 0.5) is 0 Å². The Morgan fingerprint density at radius 1 is 1.11 bits per heavy atom. The zero-order valence-electron chi connectivity index (χ0n) is 11.2. The quantitative estimate of drug-likeness (QED) is 0.301. The van der Waals surface area contributed by atoms with Gasteiger partial charge in [0.05, 0.1) is 0 Å². The number of rotatable bonds is 7. The van der Waals surface area contributed by atoms with Crippen molar-refractivity contribution in [1.82, 2.24) is 0 Å². The number of esters is 3. The second-order valence-electron chi connectivity index (χ2n) is 3.84. The molecule has 0 aromatic heterocycles. The maximum Gasteiger partial charge on any atom is 0.347 e. The van der Waals surface area contributed by atoms with Crippen molar-refractivity contribution in [3.05, 3.63) is 12.2 Å². The minimum atomic E-state index is -1.31. The molecule has 0 rings (SSSR count). The van der Waals surface area contributed by atoms with Gasteiger partial charge < -0.3 is 19.3 Å². The molecule has 0 aliphatic heterocycles. The van der Waals surface area contributed by atoms with E-state index >= 15 is 0 Å². The normalized spacial score (nSPS) is 13.1. The fourth-order valence-electron chi connectivity index (χ4n) is 0.838. The van der Waals surface area contributed by atoms with Crippen LogP contribution in [0, 0.1) is 0 Å². The molecule has 2 atom stereocenters. The molecule has 0 unspecified atom stereocenters. The van der Waals surface area contributed by atoms with Gasteiger partial charge in [0, 0.05) is 5.57 Å². The molecule has 0 amide bonds. The van der Waals surface area contributed by atoms with Crippen molar-refractivity contribution < 1.29 is 33.7 Å². The van der Waals surface area contributed by atoms with Gasteiger partial charge >= 0.3 is 17.9 Å². The summed E-state index contributed by atoms with van der Waals surface area (Å²) in [6.45, 7) is 7.13. The fraction of sp³-hybridized carbons (Fsp3) is 0.583. The van der Waals surface area contributed by atoms with E-state index in [-0.39, 0.29) is 18.8 Å². The largest absolute Gasteiger partial charge is 0.459 e. The number of aliphatic hydroxyl groups excluding tert-OH is 1. The van der Waals surface area contributed by atoms with Crippen molar-refractivity contribution in [1.29, 1.82) is 0 Å². The first-order chi connectivity index (χ1) is 8.75. The molecular weight excluding hydrogens is 256 g/mol. The Kier molecular flexibility index (Phi) is 7.43. The highest BCUT2D eigenvalue weighted by molar-refractivity contribution is 5.86. The summed E-state index contributed by atoms with van der Waals surface area (Å²) in [5.74, 6) is -2.29. The molecule has 0 saturated carbocycles. The predicted octanol–water partition coefficient (Wildman–Crippen LogP) is -0.0386. The van der Waals surface area contributed by atoms with Crippen LogP contribution in [0.15, 0.2) is 12.2 Å². The molecule has 0 saturated heterocycles. The van der Waals surface area contributed by atoms with Crippen molar-refractivity contribution in [3.8, 4) is 0 Å². The molecular formula is C12H18O7. The van der Waals surface area contributed by atoms with Crippen molar-refractivity contribution >= 4 is 17.9 Å². The highest BCUT2D eigenvalue weighted by Gasteiger charge is 2.21. The van der Waals surface area contributed by atoms with E-state index in [0.29, 0.717) is 0 Å². The molecule has 0 aromatic carbocycles. The molecule has 0 spiro atoms. The van der Waals surface area contributed by atoms with Crippen LogP contribution in [0.25, 0.3) is 0 Å². The van der Waals surface area contributed by atoms with Crippen molar-refractivity contribution in [2.45, 2.75) is 33.0 Å². The number of carbonyl (C=O) groups is 3. The summed E-state index contributed by atoms with van der Waals surface area (Å²) in [5, 5.41) is 8.89. The molecule has 0 bridgehead atoms. The van der Waals surface area contributed by atoms with Gasteiger partial charge in [-0.3, -0.25) is 0 Å². The monoisotopic (exact) mass is 274 g/mol. The molecule has 0 heterocycles. The number of ether oxygens (including phenoxy) is 3. The summed E-state index contributed by atoms with van der Waals surface area (Å²) >= 11 is 0. The van der Waals surface area contributed by atoms with Crippen LogP contribution >= 0.6 is 0 Å². The molecule has 0 aromatic rings. The van der Waals surface area contributed by atoms with E-state index in [4.69, 9.17) is 9.84 Å². The van der Waals surface area contributed by atoms with Gasteiger partial charge in [0.2, 0.25) is 0 Å². The van der Waals surface area contributed by atoms with Gasteiger partial charge in [0.15, 0.2) is 6.10 Å². The molecule has 1 N–H and O–H groups in total. The highest BCUT2D eigenvalue weighted by atomic mass is 16.6. The minimum absolute atomic E-state index is 0.117. The van der Waals surface area contributed by atoms with Gasteiger partial charge in [0.1, 0.15) is 19.3 Å². The lowest BCUT2D eigenvalue weighted by Crippen LogP contribution is -2.31. The van der Waals surface area contributed by atoms with Crippen LogP contribution in [0.3, 0.4) is 0 Å². The Hall–Kier alpha value is -1.89. The summed E-state index contributed by atoms with van der Waals surface area (Å²) in [4.78, 5) is 33.3. The highest BCUT2D eigenvalue weighted by Crippen LogP contribution is 1.99. The van der Waals surface area contributed by atoms with Crippen LogP contribution in [0.5, 0.6) is 0 Å². The van der Waals surface area contributed by atoms with E-state index in [1.54, 1.807) is 0 Å². The van der Waals surface area contributed by atoms with Gasteiger partial charge in [-0.15, -0.1) is 0 Å². The molecule has 7 nitrogen and oxygen atoms in total. The average molecular weight is 274 g/mol. The van der Waals surface area contributed by atoms with E-state index in [2.05, 4.69) is 16.1 Å². The number of aliphatic hydroxyl groups is 1. The van der Waals surface area contributed by atoms with E-state index in [9.17, 15) is 14.4 Å². The lowest BCUT2D eigenvalue weighted by atomic mass is 10.4. The van der Waals surface area contributed by atoms with Crippen LogP contribution in [-0.4, -0.2) is 48.4 Å². The smallest absolute Gasteiger partial charge is 0.347 e. The zero-order valence-corrected chi connectivity index (χ0v) is 11.2. The third kappa shape index (κ3) is 7.20. The topological polar surface area (TPSA) is 99.1 Å². The maximum absolute atomic E-state index is 11.3. The number of hydrogen-bond donors (Lipinski definition) is 1. The summed E-state index contributed by atoms with van der Waals surface area (Å²) in [6, 6.07) is 0. The molecule has 108 valence electrons. The number of carbonyl (C=O) groups excluding carboxylic acids is 3. The van der Waals surface area contributed by atoms with Crippen LogP contribution in [-0.2, 0) is 28.6 Å². The number of hydrogen-bond acceptors (Lipinski definition) is 7. The van der Waals surface area contributed by atoms with Crippen molar-refractivity contribution in [2.75, 3.05) is 13.2 Å². The minimum Gasteiger partial charge on any atom is -0.459 e. The first-order valence-electron chi connectivity index (χ1n) is 5.63. The second kappa shape index (κ2) is 8.25. The zero-order chi connectivity index (χ0) is 15.0. The Morgan fingerprint density at radius 3 is 2.11 bits per heavy atom. The lowest BCUT2D eigenvalue weighted by Gasteiger charge is -2.13. The molecule has 0 aliphatic carbocycles. The van der Waals surface area contributed by atoms with Crippen LogP contribution in [0.1, 0.15) is 20.8 Å². The average Bonchev–Trinajstić information content (AvgIpc) is 2.33. The first kappa shape index (κ1) is 17.1. The Labute approximate surface area is 111 Å². The van der Waals surface area contributed by atoms with Crippen molar-refractivity contribution in [3.63, 3.8) is 0 Å². The lowest BCUT2D eigenvalue weighted by molar-refractivity contribution is -0.172. The molecule has 0 radical (unpaired) electrons. The van der Waals surface area contributed by atoms with E-state index in [0.717, 1.165) is 0 Å². The maximum atomic E-state index is 11.3. The Morgan fingerprint density at radius 2 is 1.63 bits per heavy atom. The standard InChI is InChI=1S/C12H18O7/c1-7(2)10(14)17-5-6-18-12(16)9(4)19-11(15)8(3)13/h8-9,13H,1,5-6H2,2-4H3/t8-,9-/m0/s1. The van der Waals surface area contributed by atoms with E-state index < -0.39 is 30.1 Å². The summed E-state index contributed by atoms with van der Waals surface area (Å²) in [6.07, 6.45) is -2.45. The summed E-state index contributed by atoms with van der Waals surface area (Å²) in [7, 11) is 0. The van der Waals surface area contributed by atoms with Gasteiger partial charge in [0.25, 0.3) is 0 Å². The van der Waals surface area contributed by atoms with Gasteiger partial charge in [-0.05, 0) is 20.8 Å². The predicted molar refractivity (Wildman–Crippen MR) is 64.0 cm³/mol. The summed E-state index contributed by atoms with van der Waals surface area (Å²) < 4.78 is 14.0. The molecule has 19 heavy (non-hydrogen) atoms.